The third-order valence-corrected chi connectivity index (χ3v) is 4.49. The number of carbonyl (C=O) groups is 1. The number of rotatable bonds is 8. The summed E-state index contributed by atoms with van der Waals surface area (Å²) in [5.41, 5.74) is 7.13. The lowest BCUT2D eigenvalue weighted by Crippen LogP contribution is -2.40. The quantitative estimate of drug-likeness (QED) is 0.778. The number of aromatic nitrogens is 1. The van der Waals surface area contributed by atoms with E-state index < -0.39 is 0 Å². The number of unbranched alkanes of at least 4 members (excludes halogenated alkanes) is 1. The van der Waals surface area contributed by atoms with E-state index in [0.29, 0.717) is 12.2 Å². The highest BCUT2D eigenvalue weighted by Gasteiger charge is 2.15. The molecule has 1 unspecified atom stereocenters. The van der Waals surface area contributed by atoms with Crippen LogP contribution in [0.4, 0.5) is 0 Å². The van der Waals surface area contributed by atoms with Crippen molar-refractivity contribution in [1.82, 2.24) is 10.3 Å². The molecule has 0 aliphatic rings. The molecule has 1 aromatic heterocycles. The minimum atomic E-state index is -0.160. The van der Waals surface area contributed by atoms with Crippen LogP contribution in [-0.4, -0.2) is 30.6 Å². The molecule has 0 bridgehead atoms. The molecule has 1 atom stereocenters. The highest BCUT2D eigenvalue weighted by Crippen LogP contribution is 2.25. The highest BCUT2D eigenvalue weighted by atomic mass is 32.1. The van der Waals surface area contributed by atoms with Crippen molar-refractivity contribution in [2.24, 2.45) is 5.73 Å². The van der Waals surface area contributed by atoms with E-state index in [1.165, 1.54) is 11.3 Å². The minimum absolute atomic E-state index is 0.00795. The second-order valence-electron chi connectivity index (χ2n) is 5.31. The summed E-state index contributed by atoms with van der Waals surface area (Å²) in [4.78, 5) is 16.7. The van der Waals surface area contributed by atoms with Crippen molar-refractivity contribution < 1.29 is 9.53 Å². The number of hydrogen-bond donors (Lipinski definition) is 2. The van der Waals surface area contributed by atoms with Gasteiger partial charge in [0.25, 0.3) is 5.91 Å². The van der Waals surface area contributed by atoms with Crippen molar-refractivity contribution in [3.05, 3.63) is 35.3 Å². The van der Waals surface area contributed by atoms with E-state index in [1.807, 2.05) is 24.3 Å². The fourth-order valence-corrected chi connectivity index (χ4v) is 3.01. The van der Waals surface area contributed by atoms with Crippen molar-refractivity contribution in [3.63, 3.8) is 0 Å². The molecule has 0 saturated carbocycles. The van der Waals surface area contributed by atoms with Crippen molar-refractivity contribution in [1.29, 1.82) is 0 Å². The van der Waals surface area contributed by atoms with Gasteiger partial charge in [0.2, 0.25) is 0 Å². The van der Waals surface area contributed by atoms with Crippen LogP contribution in [-0.2, 0) is 0 Å². The molecular weight excluding hydrogens is 310 g/mol. The molecule has 0 aliphatic heterocycles. The van der Waals surface area contributed by atoms with Gasteiger partial charge in [0.1, 0.15) is 16.5 Å². The lowest BCUT2D eigenvalue weighted by molar-refractivity contribution is 0.0931. The summed E-state index contributed by atoms with van der Waals surface area (Å²) in [7, 11) is 1.63. The zero-order valence-corrected chi connectivity index (χ0v) is 14.4. The first-order valence-corrected chi connectivity index (χ1v) is 8.66. The molecule has 5 nitrogen and oxygen atoms in total. The summed E-state index contributed by atoms with van der Waals surface area (Å²) in [6, 6.07) is 7.64. The molecular formula is C17H23N3O2S. The first-order chi connectivity index (χ1) is 11.2. The monoisotopic (exact) mass is 333 g/mol. The Balaban J connectivity index is 2.03. The molecule has 2 aromatic rings. The zero-order chi connectivity index (χ0) is 16.7. The minimum Gasteiger partial charge on any atom is -0.497 e. The lowest BCUT2D eigenvalue weighted by atomic mass is 10.1. The molecule has 0 fully saturated rings. The van der Waals surface area contributed by atoms with Crippen LogP contribution in [0.2, 0.25) is 0 Å². The normalized spacial score (nSPS) is 12.0. The second-order valence-corrected chi connectivity index (χ2v) is 6.17. The van der Waals surface area contributed by atoms with Crippen molar-refractivity contribution >= 4 is 17.2 Å². The maximum Gasteiger partial charge on any atom is 0.271 e. The van der Waals surface area contributed by atoms with Gasteiger partial charge in [-0.2, -0.15) is 0 Å². The van der Waals surface area contributed by atoms with Crippen LogP contribution < -0.4 is 15.8 Å². The van der Waals surface area contributed by atoms with Crippen LogP contribution >= 0.6 is 11.3 Å². The molecule has 1 aromatic carbocycles. The molecule has 6 heteroatoms. The molecule has 0 aliphatic carbocycles. The van der Waals surface area contributed by atoms with Crippen molar-refractivity contribution in [2.75, 3.05) is 13.7 Å². The molecule has 0 spiro atoms. The van der Waals surface area contributed by atoms with Gasteiger partial charge in [-0.15, -0.1) is 11.3 Å². The van der Waals surface area contributed by atoms with Gasteiger partial charge in [-0.05, 0) is 30.7 Å². The van der Waals surface area contributed by atoms with Crippen LogP contribution in [0, 0.1) is 0 Å². The van der Waals surface area contributed by atoms with Crippen LogP contribution in [0.25, 0.3) is 10.6 Å². The Kier molecular flexibility index (Phi) is 6.55. The number of thiazole rings is 1. The number of hydrogen-bond acceptors (Lipinski definition) is 5. The molecule has 0 radical (unpaired) electrons. The van der Waals surface area contributed by atoms with Gasteiger partial charge in [0.05, 0.1) is 7.11 Å². The fraction of sp³-hybridized carbons (Fsp3) is 0.412. The van der Waals surface area contributed by atoms with E-state index in [4.69, 9.17) is 10.5 Å². The number of amides is 1. The van der Waals surface area contributed by atoms with Crippen LogP contribution in [0.15, 0.2) is 29.6 Å². The highest BCUT2D eigenvalue weighted by molar-refractivity contribution is 7.13. The Bertz CT molecular complexity index is 625. The predicted octanol–water partition coefficient (Wildman–Crippen LogP) is 3.07. The van der Waals surface area contributed by atoms with E-state index in [1.54, 1.807) is 12.5 Å². The van der Waals surface area contributed by atoms with Crippen molar-refractivity contribution in [2.45, 2.75) is 32.2 Å². The lowest BCUT2D eigenvalue weighted by Gasteiger charge is -2.15. The molecule has 3 N–H and O–H groups in total. The number of nitrogens with two attached hydrogens (primary N) is 1. The number of benzene rings is 1. The standard InChI is InChI=1S/C17H23N3O2S/c1-3-4-5-13(10-18)19-16(21)15-11-23-17(20-15)12-6-8-14(22-2)9-7-12/h6-9,11,13H,3-5,10,18H2,1-2H3,(H,19,21). The Labute approximate surface area is 140 Å². The van der Waals surface area contributed by atoms with Gasteiger partial charge in [0, 0.05) is 23.5 Å². The summed E-state index contributed by atoms with van der Waals surface area (Å²) >= 11 is 1.45. The molecule has 1 heterocycles. The topological polar surface area (TPSA) is 77.2 Å². The van der Waals surface area contributed by atoms with E-state index in [-0.39, 0.29) is 11.9 Å². The van der Waals surface area contributed by atoms with Gasteiger partial charge in [0.15, 0.2) is 0 Å². The first kappa shape index (κ1) is 17.4. The van der Waals surface area contributed by atoms with Crippen LogP contribution in [0.3, 0.4) is 0 Å². The average Bonchev–Trinajstić information content (AvgIpc) is 3.08. The predicted molar refractivity (Wildman–Crippen MR) is 93.9 cm³/mol. The van der Waals surface area contributed by atoms with E-state index in [2.05, 4.69) is 17.2 Å². The summed E-state index contributed by atoms with van der Waals surface area (Å²) in [5.74, 6) is 0.637. The number of methoxy groups -OCH3 is 1. The summed E-state index contributed by atoms with van der Waals surface area (Å²) in [6.07, 6.45) is 3.04. The maximum atomic E-state index is 12.3. The smallest absolute Gasteiger partial charge is 0.271 e. The Morgan fingerprint density at radius 2 is 2.13 bits per heavy atom. The molecule has 1 amide bonds. The van der Waals surface area contributed by atoms with Gasteiger partial charge in [-0.25, -0.2) is 4.98 Å². The Morgan fingerprint density at radius 1 is 1.39 bits per heavy atom. The van der Waals surface area contributed by atoms with Gasteiger partial charge in [-0.1, -0.05) is 19.8 Å². The average molecular weight is 333 g/mol. The summed E-state index contributed by atoms with van der Waals surface area (Å²) < 4.78 is 5.14. The number of carbonyl (C=O) groups excluding carboxylic acids is 1. The molecule has 0 saturated heterocycles. The van der Waals surface area contributed by atoms with Crippen molar-refractivity contribution in [3.8, 4) is 16.3 Å². The third kappa shape index (κ3) is 4.77. The Hall–Kier alpha value is -1.92. The number of nitrogens with zero attached hydrogens (tertiary/aromatic N) is 1. The number of ether oxygens (including phenoxy) is 1. The largest absolute Gasteiger partial charge is 0.497 e. The molecule has 23 heavy (non-hydrogen) atoms. The number of nitrogens with one attached hydrogen (secondary N) is 1. The maximum absolute atomic E-state index is 12.3. The SMILES string of the molecule is CCCCC(CN)NC(=O)c1csc(-c2ccc(OC)cc2)n1. The first-order valence-electron chi connectivity index (χ1n) is 7.78. The third-order valence-electron chi connectivity index (χ3n) is 3.60. The van der Waals surface area contributed by atoms with E-state index in [0.717, 1.165) is 35.6 Å². The van der Waals surface area contributed by atoms with Crippen LogP contribution in [0.5, 0.6) is 5.75 Å². The fourth-order valence-electron chi connectivity index (χ4n) is 2.20. The van der Waals surface area contributed by atoms with Gasteiger partial charge in [-0.3, -0.25) is 4.79 Å². The summed E-state index contributed by atoms with van der Waals surface area (Å²) in [5, 5.41) is 5.56. The van der Waals surface area contributed by atoms with E-state index in [9.17, 15) is 4.79 Å². The molecule has 124 valence electrons. The Morgan fingerprint density at radius 3 is 2.74 bits per heavy atom. The molecule has 2 rings (SSSR count). The van der Waals surface area contributed by atoms with Crippen LogP contribution in [0.1, 0.15) is 36.7 Å². The van der Waals surface area contributed by atoms with Gasteiger partial charge >= 0.3 is 0 Å². The zero-order valence-electron chi connectivity index (χ0n) is 13.5. The van der Waals surface area contributed by atoms with E-state index >= 15 is 0 Å². The summed E-state index contributed by atoms with van der Waals surface area (Å²) in [6.45, 7) is 2.57. The second kappa shape index (κ2) is 8.64. The van der Waals surface area contributed by atoms with Gasteiger partial charge < -0.3 is 15.8 Å².